The molecule has 0 spiro atoms. The molecule has 8 heteroatoms. The zero-order valence-corrected chi connectivity index (χ0v) is 8.27. The van der Waals surface area contributed by atoms with Crippen LogP contribution in [0.2, 0.25) is 0 Å². The Morgan fingerprint density at radius 2 is 1.43 bits per heavy atom. The van der Waals surface area contributed by atoms with Crippen LogP contribution in [0.4, 0.5) is 0 Å². The molecule has 0 aromatic rings. The van der Waals surface area contributed by atoms with E-state index in [1.165, 1.54) is 6.92 Å². The van der Waals surface area contributed by atoms with Crippen LogP contribution in [0.15, 0.2) is 11.9 Å². The molecule has 0 aromatic carbocycles. The number of rotatable bonds is 3. The molecule has 0 atom stereocenters. The lowest BCUT2D eigenvalue weighted by atomic mass is 10.5. The fourth-order valence-electron chi connectivity index (χ4n) is 0.129. The average molecular weight is 226 g/mol. The van der Waals surface area contributed by atoms with E-state index >= 15 is 0 Å². The number of allylic oxidation sites excluding steroid dienone is 1. The minimum Gasteiger partial charge on any atom is -0.481 e. The average Bonchev–Trinajstić information content (AvgIpc) is 1.81. The summed E-state index contributed by atoms with van der Waals surface area (Å²) in [5.41, 5.74) is 0. The van der Waals surface area contributed by atoms with Crippen LogP contribution < -0.4 is 0 Å². The predicted octanol–water partition coefficient (Wildman–Crippen LogP) is 0.243. The van der Waals surface area contributed by atoms with E-state index in [2.05, 4.69) is 6.58 Å². The summed E-state index contributed by atoms with van der Waals surface area (Å²) in [6, 6.07) is 0. The standard InChI is InChI=1S/C3H4O4.C3H7O3P/c4-2(5)1-3(6)7;1-3(2)7(4,5)6/h1H2,(H,4,5)(H,6,7);1H2,2H3,(H2,4,5,6). The van der Waals surface area contributed by atoms with Crippen molar-refractivity contribution >= 4 is 19.5 Å². The van der Waals surface area contributed by atoms with E-state index in [9.17, 15) is 14.2 Å². The summed E-state index contributed by atoms with van der Waals surface area (Å²) in [5.74, 6) is -2.62. The van der Waals surface area contributed by atoms with Crippen molar-refractivity contribution in [1.82, 2.24) is 0 Å². The highest BCUT2D eigenvalue weighted by atomic mass is 31.2. The van der Waals surface area contributed by atoms with Crippen LogP contribution in [0.1, 0.15) is 13.3 Å². The van der Waals surface area contributed by atoms with E-state index in [0.717, 1.165) is 0 Å². The molecule has 0 saturated carbocycles. The van der Waals surface area contributed by atoms with Crippen molar-refractivity contribution in [2.75, 3.05) is 0 Å². The van der Waals surface area contributed by atoms with Gasteiger partial charge in [0.2, 0.25) is 0 Å². The summed E-state index contributed by atoms with van der Waals surface area (Å²) < 4.78 is 9.93. The summed E-state index contributed by atoms with van der Waals surface area (Å²) in [7, 11) is -3.93. The van der Waals surface area contributed by atoms with Crippen LogP contribution in [0.5, 0.6) is 0 Å². The Bertz CT molecular complexity index is 264. The molecule has 0 heterocycles. The van der Waals surface area contributed by atoms with Crippen molar-refractivity contribution in [1.29, 1.82) is 0 Å². The summed E-state index contributed by atoms with van der Waals surface area (Å²) in [6.45, 7) is 4.36. The Morgan fingerprint density at radius 1 is 1.21 bits per heavy atom. The smallest absolute Gasteiger partial charge is 0.351 e. The van der Waals surface area contributed by atoms with Crippen molar-refractivity contribution in [3.05, 3.63) is 11.9 Å². The number of carboxylic acid groups (broad SMARTS) is 2. The minimum atomic E-state index is -3.93. The summed E-state index contributed by atoms with van der Waals surface area (Å²) in [6.07, 6.45) is -0.806. The second kappa shape index (κ2) is 6.31. The van der Waals surface area contributed by atoms with Crippen molar-refractivity contribution < 1.29 is 34.2 Å². The molecular weight excluding hydrogens is 215 g/mol. The fourth-order valence-corrected chi connectivity index (χ4v) is 0.129. The Morgan fingerprint density at radius 3 is 1.43 bits per heavy atom. The van der Waals surface area contributed by atoms with E-state index in [4.69, 9.17) is 20.0 Å². The van der Waals surface area contributed by atoms with Gasteiger partial charge in [-0.25, -0.2) is 0 Å². The highest BCUT2D eigenvalue weighted by Gasteiger charge is 2.11. The second-order valence-electron chi connectivity index (χ2n) is 2.24. The highest BCUT2D eigenvalue weighted by molar-refractivity contribution is 7.56. The van der Waals surface area contributed by atoms with Crippen LogP contribution in [-0.2, 0) is 14.2 Å². The van der Waals surface area contributed by atoms with Crippen LogP contribution in [-0.4, -0.2) is 31.9 Å². The maximum absolute atomic E-state index is 9.93. The Labute approximate surface area is 79.8 Å². The molecule has 0 unspecified atom stereocenters. The molecule has 4 N–H and O–H groups in total. The summed E-state index contributed by atoms with van der Waals surface area (Å²) >= 11 is 0. The SMILES string of the molecule is C=C(C)P(=O)(O)O.O=C(O)CC(=O)O. The van der Waals surface area contributed by atoms with Gasteiger partial charge in [0.25, 0.3) is 0 Å². The molecule has 0 aromatic heterocycles. The molecule has 82 valence electrons. The van der Waals surface area contributed by atoms with E-state index in [1.807, 2.05) is 0 Å². The molecule has 0 saturated heterocycles. The maximum Gasteiger partial charge on any atom is 0.351 e. The molecule has 0 aliphatic carbocycles. The monoisotopic (exact) mass is 226 g/mol. The molecule has 7 nitrogen and oxygen atoms in total. The van der Waals surface area contributed by atoms with Gasteiger partial charge in [0.15, 0.2) is 0 Å². The lowest BCUT2D eigenvalue weighted by Crippen LogP contribution is -2.03. The van der Waals surface area contributed by atoms with E-state index in [1.54, 1.807) is 0 Å². The largest absolute Gasteiger partial charge is 0.481 e. The van der Waals surface area contributed by atoms with E-state index < -0.39 is 26.0 Å². The summed E-state index contributed by atoms with van der Waals surface area (Å²) in [4.78, 5) is 35.1. The normalized spacial score (nSPS) is 9.64. The molecule has 0 bridgehead atoms. The number of carboxylic acids is 2. The van der Waals surface area contributed by atoms with Crippen LogP contribution in [0, 0.1) is 0 Å². The van der Waals surface area contributed by atoms with E-state index in [0.29, 0.717) is 0 Å². The van der Waals surface area contributed by atoms with Crippen molar-refractivity contribution in [2.45, 2.75) is 13.3 Å². The van der Waals surface area contributed by atoms with Crippen LogP contribution >= 0.6 is 7.60 Å². The van der Waals surface area contributed by atoms with Gasteiger partial charge in [-0.2, -0.15) is 0 Å². The quantitative estimate of drug-likeness (QED) is 0.400. The molecule has 0 amide bonds. The summed E-state index contributed by atoms with van der Waals surface area (Å²) in [5, 5.41) is 15.3. The zero-order chi connectivity index (χ0) is 11.9. The lowest BCUT2D eigenvalue weighted by Gasteiger charge is -1.97. The van der Waals surface area contributed by atoms with Gasteiger partial charge in [-0.3, -0.25) is 14.2 Å². The highest BCUT2D eigenvalue weighted by Crippen LogP contribution is 2.42. The number of carbonyl (C=O) groups is 2. The Kier molecular flexibility index (Phi) is 6.90. The van der Waals surface area contributed by atoms with Gasteiger partial charge >= 0.3 is 19.5 Å². The number of aliphatic carboxylic acids is 2. The topological polar surface area (TPSA) is 132 Å². The minimum absolute atomic E-state index is 0.0903. The second-order valence-corrected chi connectivity index (χ2v) is 4.10. The van der Waals surface area contributed by atoms with Gasteiger partial charge in [-0.1, -0.05) is 6.58 Å². The van der Waals surface area contributed by atoms with Gasteiger partial charge in [-0.15, -0.1) is 0 Å². The fraction of sp³-hybridized carbons (Fsp3) is 0.333. The molecule has 0 aliphatic heterocycles. The first-order chi connectivity index (χ1) is 6.07. The van der Waals surface area contributed by atoms with Crippen molar-refractivity contribution in [3.8, 4) is 0 Å². The van der Waals surface area contributed by atoms with Gasteiger partial charge in [0, 0.05) is 5.31 Å². The molecule has 0 radical (unpaired) electrons. The predicted molar refractivity (Wildman–Crippen MR) is 46.7 cm³/mol. The first-order valence-electron chi connectivity index (χ1n) is 3.22. The molecule has 14 heavy (non-hydrogen) atoms. The first-order valence-corrected chi connectivity index (χ1v) is 4.83. The third-order valence-electron chi connectivity index (χ3n) is 0.800. The maximum atomic E-state index is 9.93. The molecule has 0 aliphatic rings. The zero-order valence-electron chi connectivity index (χ0n) is 7.38. The molecule has 0 rings (SSSR count). The van der Waals surface area contributed by atoms with Gasteiger partial charge < -0.3 is 20.0 Å². The van der Waals surface area contributed by atoms with Crippen LogP contribution in [0.25, 0.3) is 0 Å². The third kappa shape index (κ3) is 13.4. The Hall–Kier alpha value is -1.17. The van der Waals surface area contributed by atoms with Crippen molar-refractivity contribution in [3.63, 3.8) is 0 Å². The molecular formula is C6H11O7P. The van der Waals surface area contributed by atoms with Crippen molar-refractivity contribution in [2.24, 2.45) is 0 Å². The van der Waals surface area contributed by atoms with Crippen LogP contribution in [0.3, 0.4) is 0 Å². The molecule has 0 fully saturated rings. The number of hydrogen-bond acceptors (Lipinski definition) is 3. The Balaban J connectivity index is 0. The third-order valence-corrected chi connectivity index (χ3v) is 1.79. The first kappa shape index (κ1) is 15.3. The van der Waals surface area contributed by atoms with Gasteiger partial charge in [0.05, 0.1) is 0 Å². The van der Waals surface area contributed by atoms with Gasteiger partial charge in [-0.05, 0) is 6.92 Å². The van der Waals surface area contributed by atoms with E-state index in [-0.39, 0.29) is 5.31 Å². The lowest BCUT2D eigenvalue weighted by molar-refractivity contribution is -0.147. The van der Waals surface area contributed by atoms with Gasteiger partial charge in [0.1, 0.15) is 6.42 Å². The number of hydrogen-bond donors (Lipinski definition) is 4.